The zero-order valence-electron chi connectivity index (χ0n) is 26.0. The van der Waals surface area contributed by atoms with Crippen molar-refractivity contribution < 1.29 is 18.0 Å². The third-order valence-electron chi connectivity index (χ3n) is 8.38. The van der Waals surface area contributed by atoms with Crippen LogP contribution in [-0.2, 0) is 32.6 Å². The fourth-order valence-corrected chi connectivity index (χ4v) is 8.01. The summed E-state index contributed by atoms with van der Waals surface area (Å²) in [5.41, 5.74) is 1.52. The number of carbonyl (C=O) groups excluding carboxylic acids is 2. The monoisotopic (exact) mass is 745 g/mol. The summed E-state index contributed by atoms with van der Waals surface area (Å²) in [5, 5.41) is 4.26. The lowest BCUT2D eigenvalue weighted by Gasteiger charge is -2.35. The summed E-state index contributed by atoms with van der Waals surface area (Å²) in [6.07, 6.45) is 5.01. The Morgan fingerprint density at radius 1 is 0.771 bits per heavy atom. The Kier molecular flexibility index (Phi) is 12.3. The van der Waals surface area contributed by atoms with Crippen molar-refractivity contribution in [1.82, 2.24) is 10.2 Å². The molecule has 4 aromatic carbocycles. The van der Waals surface area contributed by atoms with Crippen LogP contribution < -0.4 is 9.62 Å². The van der Waals surface area contributed by atoms with Crippen LogP contribution in [0.25, 0.3) is 0 Å². The molecule has 0 heterocycles. The molecule has 5 rings (SSSR count). The Hall–Kier alpha value is -3.27. The first-order valence-corrected chi connectivity index (χ1v) is 18.6. The van der Waals surface area contributed by atoms with E-state index in [-0.39, 0.29) is 45.5 Å². The molecule has 0 aromatic heterocycles. The van der Waals surface area contributed by atoms with Crippen LogP contribution in [0, 0.1) is 0 Å². The largest absolute Gasteiger partial charge is 0.352 e. The SMILES string of the molecule is O=C(NC1CCCCC1)[C@H](Cc1ccccc1)N(Cc1ccc(Cl)cc1Cl)C(=O)CN(c1ccc(Cl)c(Cl)c1)S(=O)(=O)c1ccccc1. The highest BCUT2D eigenvalue weighted by atomic mass is 35.5. The Balaban J connectivity index is 1.59. The van der Waals surface area contributed by atoms with E-state index in [1.165, 1.54) is 35.2 Å². The summed E-state index contributed by atoms with van der Waals surface area (Å²) < 4.78 is 29.3. The van der Waals surface area contributed by atoms with Crippen molar-refractivity contribution in [2.24, 2.45) is 0 Å². The van der Waals surface area contributed by atoms with Gasteiger partial charge in [-0.1, -0.05) is 120 Å². The van der Waals surface area contributed by atoms with Crippen LogP contribution in [-0.4, -0.2) is 43.8 Å². The van der Waals surface area contributed by atoms with E-state index in [0.29, 0.717) is 15.6 Å². The van der Waals surface area contributed by atoms with E-state index < -0.39 is 28.5 Å². The lowest BCUT2D eigenvalue weighted by atomic mass is 9.94. The van der Waals surface area contributed by atoms with Crippen molar-refractivity contribution in [2.45, 2.75) is 62.0 Å². The quantitative estimate of drug-likeness (QED) is 0.157. The average molecular weight is 748 g/mol. The van der Waals surface area contributed by atoms with Gasteiger partial charge in [0.25, 0.3) is 10.0 Å². The molecule has 0 unspecified atom stereocenters. The zero-order chi connectivity index (χ0) is 34.3. The number of nitrogens with zero attached hydrogens (tertiary/aromatic N) is 2. The van der Waals surface area contributed by atoms with Gasteiger partial charge in [0, 0.05) is 29.1 Å². The minimum Gasteiger partial charge on any atom is -0.352 e. The second-order valence-corrected chi connectivity index (χ2v) is 15.2. The van der Waals surface area contributed by atoms with E-state index in [9.17, 15) is 18.0 Å². The van der Waals surface area contributed by atoms with Crippen molar-refractivity contribution in [1.29, 1.82) is 0 Å². The number of halogens is 4. The van der Waals surface area contributed by atoms with E-state index in [1.807, 2.05) is 30.3 Å². The molecular formula is C36H35Cl4N3O4S. The van der Waals surface area contributed by atoms with E-state index in [4.69, 9.17) is 46.4 Å². The number of sulfonamides is 1. The third-order valence-corrected chi connectivity index (χ3v) is 11.5. The maximum atomic E-state index is 14.7. The number of hydrogen-bond donors (Lipinski definition) is 1. The Bertz CT molecular complexity index is 1840. The Morgan fingerprint density at radius 3 is 2.08 bits per heavy atom. The molecule has 0 radical (unpaired) electrons. The van der Waals surface area contributed by atoms with Crippen LogP contribution in [0.1, 0.15) is 43.2 Å². The summed E-state index contributed by atoms with van der Waals surface area (Å²) in [6, 6.07) is 25.4. The number of rotatable bonds is 12. The molecule has 0 bridgehead atoms. The first-order chi connectivity index (χ1) is 23.0. The van der Waals surface area contributed by atoms with Crippen LogP contribution in [0.5, 0.6) is 0 Å². The third kappa shape index (κ3) is 9.04. The highest BCUT2D eigenvalue weighted by Gasteiger charge is 2.36. The van der Waals surface area contributed by atoms with E-state index in [0.717, 1.165) is 42.0 Å². The molecule has 1 saturated carbocycles. The maximum Gasteiger partial charge on any atom is 0.264 e. The molecule has 4 aromatic rings. The summed E-state index contributed by atoms with van der Waals surface area (Å²) in [4.78, 5) is 30.3. The summed E-state index contributed by atoms with van der Waals surface area (Å²) >= 11 is 25.3. The fraction of sp³-hybridized carbons (Fsp3) is 0.278. The topological polar surface area (TPSA) is 86.8 Å². The number of anilines is 1. The van der Waals surface area contributed by atoms with Gasteiger partial charge in [0.2, 0.25) is 11.8 Å². The molecule has 48 heavy (non-hydrogen) atoms. The van der Waals surface area contributed by atoms with E-state index >= 15 is 0 Å². The van der Waals surface area contributed by atoms with Gasteiger partial charge in [-0.2, -0.15) is 0 Å². The second kappa shape index (κ2) is 16.4. The van der Waals surface area contributed by atoms with E-state index in [1.54, 1.807) is 36.4 Å². The van der Waals surface area contributed by atoms with Crippen molar-refractivity contribution >= 4 is 73.9 Å². The highest BCUT2D eigenvalue weighted by Crippen LogP contribution is 2.31. The van der Waals surface area contributed by atoms with Crippen molar-refractivity contribution in [3.63, 3.8) is 0 Å². The van der Waals surface area contributed by atoms with Crippen LogP contribution in [0.3, 0.4) is 0 Å². The van der Waals surface area contributed by atoms with Gasteiger partial charge >= 0.3 is 0 Å². The molecule has 12 heteroatoms. The molecule has 1 aliphatic carbocycles. The lowest BCUT2D eigenvalue weighted by Crippen LogP contribution is -2.55. The molecule has 252 valence electrons. The van der Waals surface area contributed by atoms with Gasteiger partial charge in [-0.15, -0.1) is 0 Å². The highest BCUT2D eigenvalue weighted by molar-refractivity contribution is 7.92. The number of hydrogen-bond acceptors (Lipinski definition) is 4. The molecule has 1 aliphatic rings. The molecule has 0 spiro atoms. The summed E-state index contributed by atoms with van der Waals surface area (Å²) in [7, 11) is -4.29. The zero-order valence-corrected chi connectivity index (χ0v) is 29.8. The Labute approximate surface area is 301 Å². The smallest absolute Gasteiger partial charge is 0.264 e. The number of nitrogens with one attached hydrogen (secondary N) is 1. The predicted molar refractivity (Wildman–Crippen MR) is 193 cm³/mol. The molecule has 0 aliphatic heterocycles. The summed E-state index contributed by atoms with van der Waals surface area (Å²) in [5.74, 6) is -0.942. The molecular weight excluding hydrogens is 712 g/mol. The molecule has 1 atom stereocenters. The lowest BCUT2D eigenvalue weighted by molar-refractivity contribution is -0.140. The molecule has 0 saturated heterocycles. The van der Waals surface area contributed by atoms with Crippen LogP contribution in [0.2, 0.25) is 20.1 Å². The van der Waals surface area contributed by atoms with Crippen LogP contribution in [0.15, 0.2) is 102 Å². The van der Waals surface area contributed by atoms with Crippen molar-refractivity contribution in [3.8, 4) is 0 Å². The number of amides is 2. The van der Waals surface area contributed by atoms with Crippen molar-refractivity contribution in [3.05, 3.63) is 128 Å². The van der Waals surface area contributed by atoms with Crippen LogP contribution in [0.4, 0.5) is 5.69 Å². The fourth-order valence-electron chi connectivity index (χ4n) is 5.82. The van der Waals surface area contributed by atoms with E-state index in [2.05, 4.69) is 5.32 Å². The van der Waals surface area contributed by atoms with Gasteiger partial charge in [-0.05, 0) is 66.4 Å². The first kappa shape index (κ1) is 36.0. The van der Waals surface area contributed by atoms with Gasteiger partial charge in [-0.3, -0.25) is 13.9 Å². The minimum absolute atomic E-state index is 0.0213. The normalized spacial score (nSPS) is 14.2. The molecule has 2 amide bonds. The van der Waals surface area contributed by atoms with Gasteiger partial charge in [-0.25, -0.2) is 8.42 Å². The number of benzene rings is 4. The van der Waals surface area contributed by atoms with Crippen LogP contribution >= 0.6 is 46.4 Å². The summed E-state index contributed by atoms with van der Waals surface area (Å²) in [6.45, 7) is -0.715. The second-order valence-electron chi connectivity index (χ2n) is 11.7. The van der Waals surface area contributed by atoms with Crippen molar-refractivity contribution in [2.75, 3.05) is 10.8 Å². The Morgan fingerprint density at radius 2 is 1.44 bits per heavy atom. The number of carbonyl (C=O) groups is 2. The first-order valence-electron chi connectivity index (χ1n) is 15.6. The van der Waals surface area contributed by atoms with Gasteiger partial charge < -0.3 is 10.2 Å². The minimum atomic E-state index is -4.29. The standard InChI is InChI=1S/C36H35Cl4N3O4S/c37-27-17-16-26(32(39)21-27)23-42(34(20-25-10-4-1-5-11-25)36(45)41-28-12-6-2-7-13-28)35(44)24-43(29-18-19-31(38)33(40)22-29)48(46,47)30-14-8-3-9-15-30/h1,3-5,8-11,14-19,21-22,28,34H,2,6-7,12-13,20,23-24H2,(H,41,45)/t34-/m0/s1. The predicted octanol–water partition coefficient (Wildman–Crippen LogP) is 8.58. The average Bonchev–Trinajstić information content (AvgIpc) is 3.08. The molecule has 1 fully saturated rings. The molecule has 7 nitrogen and oxygen atoms in total. The van der Waals surface area contributed by atoms with Gasteiger partial charge in [0.1, 0.15) is 12.6 Å². The maximum absolute atomic E-state index is 14.7. The van der Waals surface area contributed by atoms with Gasteiger partial charge in [0.15, 0.2) is 0 Å². The van der Waals surface area contributed by atoms with Gasteiger partial charge in [0.05, 0.1) is 20.6 Å². The molecule has 1 N–H and O–H groups in total.